The Labute approximate surface area is 98.5 Å². The molecule has 1 saturated carbocycles. The molecule has 3 N–H and O–H groups in total. The predicted octanol–water partition coefficient (Wildman–Crippen LogP) is 1.55. The van der Waals surface area contributed by atoms with Gasteiger partial charge in [0.2, 0.25) is 0 Å². The molecule has 0 unspecified atom stereocenters. The fourth-order valence-electron chi connectivity index (χ4n) is 3.24. The van der Waals surface area contributed by atoms with Gasteiger partial charge in [0, 0.05) is 6.61 Å². The Morgan fingerprint density at radius 3 is 2.50 bits per heavy atom. The second kappa shape index (κ2) is 5.48. The van der Waals surface area contributed by atoms with E-state index in [1.54, 1.807) is 6.92 Å². The summed E-state index contributed by atoms with van der Waals surface area (Å²) in [4.78, 5) is 0. The zero-order valence-corrected chi connectivity index (χ0v) is 10.7. The SMILES string of the molecule is C[C@@H](O)CC[C@@H]1[C@@H](CO)C[C@H](O)CC1(C)C. The van der Waals surface area contributed by atoms with Crippen molar-refractivity contribution in [3.63, 3.8) is 0 Å². The van der Waals surface area contributed by atoms with Gasteiger partial charge in [0.15, 0.2) is 0 Å². The molecule has 0 radical (unpaired) electrons. The van der Waals surface area contributed by atoms with Gasteiger partial charge >= 0.3 is 0 Å². The Morgan fingerprint density at radius 2 is 2.00 bits per heavy atom. The summed E-state index contributed by atoms with van der Waals surface area (Å²) in [5.74, 6) is 0.577. The molecule has 0 spiro atoms. The van der Waals surface area contributed by atoms with Crippen molar-refractivity contribution < 1.29 is 15.3 Å². The second-order valence-corrected chi connectivity index (χ2v) is 6.06. The fraction of sp³-hybridized carbons (Fsp3) is 1.00. The highest BCUT2D eigenvalue weighted by Gasteiger charge is 2.41. The average molecular weight is 230 g/mol. The van der Waals surface area contributed by atoms with Crippen LogP contribution < -0.4 is 0 Å². The maximum atomic E-state index is 9.78. The summed E-state index contributed by atoms with van der Waals surface area (Å²) in [6.45, 7) is 6.26. The van der Waals surface area contributed by atoms with E-state index in [4.69, 9.17) is 0 Å². The van der Waals surface area contributed by atoms with E-state index < -0.39 is 0 Å². The molecule has 96 valence electrons. The van der Waals surface area contributed by atoms with E-state index in [-0.39, 0.29) is 30.1 Å². The first-order valence-electron chi connectivity index (χ1n) is 6.34. The first-order valence-corrected chi connectivity index (χ1v) is 6.34. The molecule has 0 aromatic heterocycles. The molecule has 1 aliphatic rings. The number of aliphatic hydroxyl groups is 3. The van der Waals surface area contributed by atoms with Crippen LogP contribution in [-0.2, 0) is 0 Å². The van der Waals surface area contributed by atoms with Crippen molar-refractivity contribution in [2.24, 2.45) is 17.3 Å². The summed E-state index contributed by atoms with van der Waals surface area (Å²) in [5.41, 5.74) is 0.0555. The molecule has 0 saturated heterocycles. The summed E-state index contributed by atoms with van der Waals surface area (Å²) in [6.07, 6.45) is 2.65. The van der Waals surface area contributed by atoms with Gasteiger partial charge in [-0.3, -0.25) is 0 Å². The summed E-state index contributed by atoms with van der Waals surface area (Å²) in [6, 6.07) is 0. The topological polar surface area (TPSA) is 60.7 Å². The molecule has 1 aliphatic carbocycles. The molecule has 0 bridgehead atoms. The molecule has 0 aromatic carbocycles. The number of aliphatic hydroxyl groups excluding tert-OH is 3. The van der Waals surface area contributed by atoms with Crippen LogP contribution in [0, 0.1) is 17.3 Å². The Morgan fingerprint density at radius 1 is 1.38 bits per heavy atom. The van der Waals surface area contributed by atoms with Gasteiger partial charge in [-0.15, -0.1) is 0 Å². The number of hydrogen-bond donors (Lipinski definition) is 3. The molecule has 3 nitrogen and oxygen atoms in total. The first-order chi connectivity index (χ1) is 7.36. The molecule has 1 rings (SSSR count). The summed E-state index contributed by atoms with van der Waals surface area (Å²) in [7, 11) is 0. The zero-order chi connectivity index (χ0) is 12.3. The third-order valence-corrected chi connectivity index (χ3v) is 4.04. The Hall–Kier alpha value is -0.120. The average Bonchev–Trinajstić information content (AvgIpc) is 2.13. The molecule has 3 heteroatoms. The largest absolute Gasteiger partial charge is 0.396 e. The van der Waals surface area contributed by atoms with Crippen molar-refractivity contribution in [2.45, 2.75) is 58.7 Å². The van der Waals surface area contributed by atoms with Crippen molar-refractivity contribution in [1.82, 2.24) is 0 Å². The summed E-state index contributed by atoms with van der Waals surface area (Å²) < 4.78 is 0. The second-order valence-electron chi connectivity index (χ2n) is 6.06. The van der Waals surface area contributed by atoms with Crippen molar-refractivity contribution in [1.29, 1.82) is 0 Å². The third-order valence-electron chi connectivity index (χ3n) is 4.04. The van der Waals surface area contributed by atoms with E-state index >= 15 is 0 Å². The standard InChI is InChI=1S/C13H26O3/c1-9(15)4-5-12-10(8-14)6-11(16)7-13(12,2)3/h9-12,14-16H,4-8H2,1-3H3/t9-,10-,11+,12-/m1/s1. The van der Waals surface area contributed by atoms with Gasteiger partial charge in [-0.2, -0.15) is 0 Å². The monoisotopic (exact) mass is 230 g/mol. The molecular formula is C13H26O3. The molecule has 0 amide bonds. The minimum atomic E-state index is -0.282. The predicted molar refractivity (Wildman–Crippen MR) is 64.0 cm³/mol. The summed E-state index contributed by atoms with van der Waals surface area (Å²) in [5, 5.41) is 28.5. The molecule has 0 aliphatic heterocycles. The van der Waals surface area contributed by atoms with Crippen LogP contribution in [0.4, 0.5) is 0 Å². The van der Waals surface area contributed by atoms with Gasteiger partial charge in [0.05, 0.1) is 12.2 Å². The lowest BCUT2D eigenvalue weighted by molar-refractivity contribution is -0.0430. The third kappa shape index (κ3) is 3.44. The van der Waals surface area contributed by atoms with Crippen molar-refractivity contribution >= 4 is 0 Å². The zero-order valence-electron chi connectivity index (χ0n) is 10.7. The van der Waals surface area contributed by atoms with Crippen LogP contribution in [0.1, 0.15) is 46.5 Å². The molecular weight excluding hydrogens is 204 g/mol. The van der Waals surface area contributed by atoms with Crippen LogP contribution in [0.15, 0.2) is 0 Å². The molecule has 16 heavy (non-hydrogen) atoms. The normalized spacial score (nSPS) is 36.0. The molecule has 4 atom stereocenters. The van der Waals surface area contributed by atoms with E-state index in [2.05, 4.69) is 13.8 Å². The van der Waals surface area contributed by atoms with Crippen LogP contribution in [0.3, 0.4) is 0 Å². The van der Waals surface area contributed by atoms with Crippen LogP contribution in [-0.4, -0.2) is 34.1 Å². The molecule has 0 heterocycles. The molecule has 1 fully saturated rings. The van der Waals surface area contributed by atoms with Gasteiger partial charge in [-0.25, -0.2) is 0 Å². The summed E-state index contributed by atoms with van der Waals surface area (Å²) >= 11 is 0. The van der Waals surface area contributed by atoms with Gasteiger partial charge in [0.25, 0.3) is 0 Å². The highest BCUT2D eigenvalue weighted by molar-refractivity contribution is 4.91. The van der Waals surface area contributed by atoms with E-state index in [1.807, 2.05) is 0 Å². The minimum Gasteiger partial charge on any atom is -0.396 e. The first kappa shape index (κ1) is 13.9. The van der Waals surface area contributed by atoms with Gasteiger partial charge in [-0.1, -0.05) is 13.8 Å². The van der Waals surface area contributed by atoms with Gasteiger partial charge in [-0.05, 0) is 49.9 Å². The number of rotatable bonds is 4. The highest BCUT2D eigenvalue weighted by atomic mass is 16.3. The Balaban J connectivity index is 2.67. The fourth-order valence-corrected chi connectivity index (χ4v) is 3.24. The van der Waals surface area contributed by atoms with Crippen LogP contribution in [0.5, 0.6) is 0 Å². The maximum Gasteiger partial charge on any atom is 0.0549 e. The van der Waals surface area contributed by atoms with Crippen molar-refractivity contribution in [2.75, 3.05) is 6.61 Å². The Bertz CT molecular complexity index is 213. The lowest BCUT2D eigenvalue weighted by Gasteiger charge is -2.46. The lowest BCUT2D eigenvalue weighted by atomic mass is 9.61. The quantitative estimate of drug-likeness (QED) is 0.687. The van der Waals surface area contributed by atoms with Crippen LogP contribution in [0.25, 0.3) is 0 Å². The number of hydrogen-bond acceptors (Lipinski definition) is 3. The smallest absolute Gasteiger partial charge is 0.0549 e. The van der Waals surface area contributed by atoms with Crippen LogP contribution in [0.2, 0.25) is 0 Å². The van der Waals surface area contributed by atoms with E-state index in [9.17, 15) is 15.3 Å². The minimum absolute atomic E-state index is 0.0555. The molecule has 0 aromatic rings. The van der Waals surface area contributed by atoms with Gasteiger partial charge < -0.3 is 15.3 Å². The Kier molecular flexibility index (Phi) is 4.77. The van der Waals surface area contributed by atoms with E-state index in [1.165, 1.54) is 0 Å². The maximum absolute atomic E-state index is 9.78. The lowest BCUT2D eigenvalue weighted by Crippen LogP contribution is -2.42. The van der Waals surface area contributed by atoms with Crippen molar-refractivity contribution in [3.8, 4) is 0 Å². The van der Waals surface area contributed by atoms with E-state index in [0.29, 0.717) is 12.3 Å². The van der Waals surface area contributed by atoms with Crippen LogP contribution >= 0.6 is 0 Å². The highest BCUT2D eigenvalue weighted by Crippen LogP contribution is 2.46. The van der Waals surface area contributed by atoms with Crippen molar-refractivity contribution in [3.05, 3.63) is 0 Å². The van der Waals surface area contributed by atoms with Gasteiger partial charge in [0.1, 0.15) is 0 Å². The van der Waals surface area contributed by atoms with E-state index in [0.717, 1.165) is 19.3 Å².